The third-order valence-corrected chi connectivity index (χ3v) is 2.27. The van der Waals surface area contributed by atoms with Gasteiger partial charge in [0.15, 0.2) is 0 Å². The van der Waals surface area contributed by atoms with Gasteiger partial charge in [-0.25, -0.2) is 9.97 Å². The Hall–Kier alpha value is -2.63. The van der Waals surface area contributed by atoms with Crippen molar-refractivity contribution in [1.29, 1.82) is 0 Å². The number of aliphatic carboxylic acids is 1. The number of hydrogen-bond acceptors (Lipinski definition) is 5. The molecule has 0 saturated carbocycles. The third kappa shape index (κ3) is 3.18. The van der Waals surface area contributed by atoms with Gasteiger partial charge in [0.2, 0.25) is 5.95 Å². The molecule has 0 aliphatic rings. The molecule has 1 aromatic carbocycles. The molecule has 0 aliphatic heterocycles. The van der Waals surface area contributed by atoms with E-state index in [1.54, 1.807) is 36.7 Å². The second-order valence-electron chi connectivity index (χ2n) is 3.72. The van der Waals surface area contributed by atoms with Gasteiger partial charge in [-0.05, 0) is 17.7 Å². The monoisotopic (exact) mass is 244 g/mol. The van der Waals surface area contributed by atoms with Gasteiger partial charge in [0, 0.05) is 5.69 Å². The van der Waals surface area contributed by atoms with Crippen LogP contribution in [0.15, 0.2) is 36.7 Å². The van der Waals surface area contributed by atoms with Crippen molar-refractivity contribution in [3.05, 3.63) is 42.2 Å². The highest BCUT2D eigenvalue weighted by molar-refractivity contribution is 5.70. The van der Waals surface area contributed by atoms with E-state index < -0.39 is 5.97 Å². The summed E-state index contributed by atoms with van der Waals surface area (Å²) in [5, 5.41) is 11.7. The first-order valence-corrected chi connectivity index (χ1v) is 5.29. The lowest BCUT2D eigenvalue weighted by molar-refractivity contribution is -0.136. The predicted octanol–water partition coefficient (Wildman–Crippen LogP) is 1.43. The van der Waals surface area contributed by atoms with Gasteiger partial charge < -0.3 is 16.2 Å². The van der Waals surface area contributed by atoms with Crippen LogP contribution in [0.25, 0.3) is 0 Å². The SMILES string of the molecule is Nc1ncc(Nc2ccc(CC(=O)O)cc2)cn1. The molecule has 0 aliphatic carbocycles. The Morgan fingerprint density at radius 2 is 1.78 bits per heavy atom. The Balaban J connectivity index is 2.06. The zero-order valence-electron chi connectivity index (χ0n) is 9.50. The van der Waals surface area contributed by atoms with Crippen LogP contribution in [0.1, 0.15) is 5.56 Å². The van der Waals surface area contributed by atoms with Crippen molar-refractivity contribution in [2.24, 2.45) is 0 Å². The number of aromatic nitrogens is 2. The van der Waals surface area contributed by atoms with Crippen molar-refractivity contribution in [2.75, 3.05) is 11.1 Å². The summed E-state index contributed by atoms with van der Waals surface area (Å²) in [7, 11) is 0. The van der Waals surface area contributed by atoms with Crippen molar-refractivity contribution in [3.63, 3.8) is 0 Å². The summed E-state index contributed by atoms with van der Waals surface area (Å²) in [5.74, 6) is -0.625. The Kier molecular flexibility index (Phi) is 3.38. The zero-order chi connectivity index (χ0) is 13.0. The van der Waals surface area contributed by atoms with E-state index in [9.17, 15) is 4.79 Å². The van der Waals surface area contributed by atoms with Crippen molar-refractivity contribution in [2.45, 2.75) is 6.42 Å². The Bertz CT molecular complexity index is 537. The van der Waals surface area contributed by atoms with Crippen molar-refractivity contribution >= 4 is 23.3 Å². The maximum Gasteiger partial charge on any atom is 0.307 e. The van der Waals surface area contributed by atoms with Crippen LogP contribution in [0.5, 0.6) is 0 Å². The van der Waals surface area contributed by atoms with Crippen molar-refractivity contribution < 1.29 is 9.90 Å². The summed E-state index contributed by atoms with van der Waals surface area (Å²) in [5.41, 5.74) is 7.68. The van der Waals surface area contributed by atoms with Crippen LogP contribution in [-0.2, 0) is 11.2 Å². The first kappa shape index (κ1) is 11.8. The molecule has 1 aromatic heterocycles. The number of anilines is 3. The molecule has 0 saturated heterocycles. The summed E-state index contributed by atoms with van der Waals surface area (Å²) in [6, 6.07) is 7.12. The van der Waals surface area contributed by atoms with Crippen LogP contribution in [0, 0.1) is 0 Å². The Morgan fingerprint density at radius 1 is 1.17 bits per heavy atom. The molecule has 0 atom stereocenters. The summed E-state index contributed by atoms with van der Waals surface area (Å²) < 4.78 is 0. The largest absolute Gasteiger partial charge is 0.481 e. The van der Waals surface area contributed by atoms with Gasteiger partial charge in [0.05, 0.1) is 24.5 Å². The Labute approximate surface area is 104 Å². The maximum atomic E-state index is 10.5. The fourth-order valence-electron chi connectivity index (χ4n) is 1.45. The minimum atomic E-state index is -0.845. The van der Waals surface area contributed by atoms with E-state index in [1.807, 2.05) is 0 Å². The summed E-state index contributed by atoms with van der Waals surface area (Å²) >= 11 is 0. The van der Waals surface area contributed by atoms with E-state index in [0.29, 0.717) is 0 Å². The summed E-state index contributed by atoms with van der Waals surface area (Å²) in [6.45, 7) is 0. The lowest BCUT2D eigenvalue weighted by atomic mass is 10.1. The average molecular weight is 244 g/mol. The number of nitrogens with zero attached hydrogens (tertiary/aromatic N) is 2. The van der Waals surface area contributed by atoms with Gasteiger partial charge in [-0.2, -0.15) is 0 Å². The molecule has 0 unspecified atom stereocenters. The molecule has 0 radical (unpaired) electrons. The van der Waals surface area contributed by atoms with Crippen LogP contribution in [-0.4, -0.2) is 21.0 Å². The number of benzene rings is 1. The molecule has 0 amide bonds. The van der Waals surface area contributed by atoms with Gasteiger partial charge >= 0.3 is 5.97 Å². The topological polar surface area (TPSA) is 101 Å². The molecule has 18 heavy (non-hydrogen) atoms. The molecule has 92 valence electrons. The molecule has 6 nitrogen and oxygen atoms in total. The molecule has 0 spiro atoms. The zero-order valence-corrected chi connectivity index (χ0v) is 9.50. The predicted molar refractivity (Wildman–Crippen MR) is 67.5 cm³/mol. The summed E-state index contributed by atoms with van der Waals surface area (Å²) in [6.07, 6.45) is 3.17. The smallest absolute Gasteiger partial charge is 0.307 e. The molecule has 4 N–H and O–H groups in total. The molecular formula is C12H12N4O2. The van der Waals surface area contributed by atoms with E-state index in [2.05, 4.69) is 15.3 Å². The highest BCUT2D eigenvalue weighted by atomic mass is 16.4. The maximum absolute atomic E-state index is 10.5. The lowest BCUT2D eigenvalue weighted by Gasteiger charge is -2.06. The van der Waals surface area contributed by atoms with E-state index in [1.165, 1.54) is 0 Å². The molecule has 0 fully saturated rings. The number of nitrogen functional groups attached to an aromatic ring is 1. The van der Waals surface area contributed by atoms with Crippen molar-refractivity contribution in [1.82, 2.24) is 9.97 Å². The number of carboxylic acid groups (broad SMARTS) is 1. The number of hydrogen-bond donors (Lipinski definition) is 3. The molecular weight excluding hydrogens is 232 g/mol. The van der Waals surface area contributed by atoms with E-state index in [-0.39, 0.29) is 12.4 Å². The first-order valence-electron chi connectivity index (χ1n) is 5.29. The quantitative estimate of drug-likeness (QED) is 0.752. The van der Waals surface area contributed by atoms with E-state index in [0.717, 1.165) is 16.9 Å². The molecule has 2 rings (SSSR count). The highest BCUT2D eigenvalue weighted by Gasteiger charge is 2.01. The van der Waals surface area contributed by atoms with Crippen LogP contribution in [0.2, 0.25) is 0 Å². The number of nitrogens with one attached hydrogen (secondary N) is 1. The van der Waals surface area contributed by atoms with Gasteiger partial charge in [0.1, 0.15) is 0 Å². The highest BCUT2D eigenvalue weighted by Crippen LogP contribution is 2.16. The minimum absolute atomic E-state index is 0.0191. The lowest BCUT2D eigenvalue weighted by Crippen LogP contribution is -2.00. The van der Waals surface area contributed by atoms with Crippen LogP contribution in [0.4, 0.5) is 17.3 Å². The fraction of sp³-hybridized carbons (Fsp3) is 0.0833. The Morgan fingerprint density at radius 3 is 2.33 bits per heavy atom. The molecule has 1 heterocycles. The number of carbonyl (C=O) groups is 1. The van der Waals surface area contributed by atoms with Crippen LogP contribution in [0.3, 0.4) is 0 Å². The third-order valence-electron chi connectivity index (χ3n) is 2.27. The minimum Gasteiger partial charge on any atom is -0.481 e. The van der Waals surface area contributed by atoms with E-state index in [4.69, 9.17) is 10.8 Å². The van der Waals surface area contributed by atoms with Crippen molar-refractivity contribution in [3.8, 4) is 0 Å². The van der Waals surface area contributed by atoms with Gasteiger partial charge in [0.25, 0.3) is 0 Å². The second-order valence-corrected chi connectivity index (χ2v) is 3.72. The number of rotatable bonds is 4. The van der Waals surface area contributed by atoms with Crippen LogP contribution >= 0.6 is 0 Å². The summed E-state index contributed by atoms with van der Waals surface area (Å²) in [4.78, 5) is 18.2. The standard InChI is InChI=1S/C12H12N4O2/c13-12-14-6-10(7-15-12)16-9-3-1-8(2-4-9)5-11(17)18/h1-4,6-7,16H,5H2,(H,17,18)(H2,13,14,15). The molecule has 6 heteroatoms. The van der Waals surface area contributed by atoms with Gasteiger partial charge in [-0.15, -0.1) is 0 Å². The number of carboxylic acids is 1. The first-order chi connectivity index (χ1) is 8.63. The van der Waals surface area contributed by atoms with Gasteiger partial charge in [-0.3, -0.25) is 4.79 Å². The molecule has 0 bridgehead atoms. The average Bonchev–Trinajstić information content (AvgIpc) is 2.34. The van der Waals surface area contributed by atoms with E-state index >= 15 is 0 Å². The number of nitrogens with two attached hydrogens (primary N) is 1. The second kappa shape index (κ2) is 5.13. The molecule has 2 aromatic rings. The van der Waals surface area contributed by atoms with Crippen LogP contribution < -0.4 is 11.1 Å². The fourth-order valence-corrected chi connectivity index (χ4v) is 1.45. The normalized spacial score (nSPS) is 10.0. The van der Waals surface area contributed by atoms with Gasteiger partial charge in [-0.1, -0.05) is 12.1 Å².